The lowest BCUT2D eigenvalue weighted by atomic mass is 9.95. The van der Waals surface area contributed by atoms with Gasteiger partial charge in [0, 0.05) is 25.2 Å². The predicted molar refractivity (Wildman–Crippen MR) is 97.7 cm³/mol. The monoisotopic (exact) mass is 372 g/mol. The van der Waals surface area contributed by atoms with Gasteiger partial charge in [-0.3, -0.25) is 9.78 Å². The van der Waals surface area contributed by atoms with Crippen LogP contribution in [0.1, 0.15) is 54.1 Å². The summed E-state index contributed by atoms with van der Waals surface area (Å²) in [5.74, 6) is 1.35. The Kier molecular flexibility index (Phi) is 5.15. The molecule has 8 heteroatoms. The van der Waals surface area contributed by atoms with Gasteiger partial charge in [0.15, 0.2) is 11.6 Å². The Morgan fingerprint density at radius 1 is 1.22 bits per heavy atom. The average molecular weight is 372 g/mol. The van der Waals surface area contributed by atoms with Crippen LogP contribution in [0.25, 0.3) is 0 Å². The molecule has 0 unspecified atom stereocenters. The molecule has 144 valence electrons. The highest BCUT2D eigenvalue weighted by molar-refractivity contribution is 5.94. The number of carbonyl (C=O) groups is 1. The number of fused-ring (bicyclic) bond motifs is 1. The molecule has 27 heavy (non-hydrogen) atoms. The van der Waals surface area contributed by atoms with Crippen LogP contribution < -0.4 is 0 Å². The van der Waals surface area contributed by atoms with Crippen molar-refractivity contribution in [1.82, 2.24) is 29.5 Å². The largest absolute Gasteiger partial charge is 0.329 e. The van der Waals surface area contributed by atoms with Gasteiger partial charge in [0.05, 0.1) is 18.3 Å². The third-order valence-corrected chi connectivity index (χ3v) is 5.56. The summed E-state index contributed by atoms with van der Waals surface area (Å²) >= 11 is 0. The van der Waals surface area contributed by atoms with Crippen LogP contribution in [0.3, 0.4) is 0 Å². The summed E-state index contributed by atoms with van der Waals surface area (Å²) in [6.07, 6.45) is 5.90. The number of aromatic nitrogens is 4. The van der Waals surface area contributed by atoms with Crippen molar-refractivity contribution in [3.63, 3.8) is 0 Å². The SMILES string of the molecule is CCCN1CCC(c2nnc3n2CCN(C(=O)c2ccncc2F)C3)CC1. The summed E-state index contributed by atoms with van der Waals surface area (Å²) in [7, 11) is 0. The van der Waals surface area contributed by atoms with Crippen molar-refractivity contribution in [2.24, 2.45) is 0 Å². The van der Waals surface area contributed by atoms with E-state index in [2.05, 4.69) is 31.6 Å². The van der Waals surface area contributed by atoms with Crippen molar-refractivity contribution >= 4 is 5.91 Å². The minimum absolute atomic E-state index is 0.0569. The van der Waals surface area contributed by atoms with Crippen molar-refractivity contribution in [3.8, 4) is 0 Å². The van der Waals surface area contributed by atoms with Gasteiger partial charge in [0.1, 0.15) is 5.82 Å². The molecule has 4 rings (SSSR count). The fraction of sp³-hybridized carbons (Fsp3) is 0.579. The molecule has 0 aliphatic carbocycles. The summed E-state index contributed by atoms with van der Waals surface area (Å²) in [6.45, 7) is 7.14. The molecule has 2 aromatic rings. The molecule has 0 atom stereocenters. The number of halogens is 1. The minimum Gasteiger partial charge on any atom is -0.329 e. The van der Waals surface area contributed by atoms with Crippen LogP contribution >= 0.6 is 0 Å². The topological polar surface area (TPSA) is 67.2 Å². The van der Waals surface area contributed by atoms with Gasteiger partial charge in [-0.25, -0.2) is 4.39 Å². The Bertz CT molecular complexity index is 814. The number of pyridine rings is 1. The van der Waals surface area contributed by atoms with E-state index in [-0.39, 0.29) is 11.5 Å². The van der Waals surface area contributed by atoms with Gasteiger partial charge >= 0.3 is 0 Å². The molecule has 1 amide bonds. The third-order valence-electron chi connectivity index (χ3n) is 5.56. The van der Waals surface area contributed by atoms with Gasteiger partial charge in [-0.15, -0.1) is 10.2 Å². The highest BCUT2D eigenvalue weighted by Crippen LogP contribution is 2.29. The number of nitrogens with zero attached hydrogens (tertiary/aromatic N) is 6. The van der Waals surface area contributed by atoms with E-state index in [1.165, 1.54) is 18.7 Å². The zero-order chi connectivity index (χ0) is 18.8. The molecule has 2 aliphatic rings. The molecule has 4 heterocycles. The van der Waals surface area contributed by atoms with E-state index in [9.17, 15) is 9.18 Å². The second kappa shape index (κ2) is 7.72. The lowest BCUT2D eigenvalue weighted by Crippen LogP contribution is -2.40. The molecule has 2 aliphatic heterocycles. The number of amides is 1. The Hall–Kier alpha value is -2.35. The fourth-order valence-electron chi connectivity index (χ4n) is 4.11. The normalized spacial score (nSPS) is 18.5. The van der Waals surface area contributed by atoms with E-state index in [1.807, 2.05) is 0 Å². The van der Waals surface area contributed by atoms with Crippen LogP contribution in [0.4, 0.5) is 4.39 Å². The summed E-state index contributed by atoms with van der Waals surface area (Å²) < 4.78 is 16.0. The number of hydrogen-bond donors (Lipinski definition) is 0. The Morgan fingerprint density at radius 2 is 2.04 bits per heavy atom. The van der Waals surface area contributed by atoms with Crippen molar-refractivity contribution in [3.05, 3.63) is 41.5 Å². The zero-order valence-corrected chi connectivity index (χ0v) is 15.6. The maximum absolute atomic E-state index is 13.9. The molecule has 7 nitrogen and oxygen atoms in total. The first-order valence-electron chi connectivity index (χ1n) is 9.70. The van der Waals surface area contributed by atoms with Gasteiger partial charge in [-0.05, 0) is 45.0 Å². The summed E-state index contributed by atoms with van der Waals surface area (Å²) in [5, 5.41) is 8.78. The van der Waals surface area contributed by atoms with Crippen molar-refractivity contribution in [2.75, 3.05) is 26.2 Å². The molecular formula is C19H25FN6O. The lowest BCUT2D eigenvalue weighted by molar-refractivity contribution is 0.0700. The molecular weight excluding hydrogens is 347 g/mol. The molecule has 1 fully saturated rings. The number of likely N-dealkylation sites (tertiary alicyclic amines) is 1. The first-order chi connectivity index (χ1) is 13.2. The quantitative estimate of drug-likeness (QED) is 0.822. The smallest absolute Gasteiger partial charge is 0.257 e. The molecule has 0 N–H and O–H groups in total. The molecule has 2 aromatic heterocycles. The second-order valence-electron chi connectivity index (χ2n) is 7.32. The third kappa shape index (κ3) is 3.58. The van der Waals surface area contributed by atoms with Gasteiger partial charge in [-0.2, -0.15) is 0 Å². The Balaban J connectivity index is 1.45. The van der Waals surface area contributed by atoms with E-state index in [4.69, 9.17) is 0 Å². The Morgan fingerprint density at radius 3 is 2.78 bits per heavy atom. The molecule has 0 radical (unpaired) electrons. The summed E-state index contributed by atoms with van der Waals surface area (Å²) in [4.78, 5) is 20.5. The second-order valence-corrected chi connectivity index (χ2v) is 7.32. The summed E-state index contributed by atoms with van der Waals surface area (Å²) in [5.41, 5.74) is 0.0569. The predicted octanol–water partition coefficient (Wildman–Crippen LogP) is 2.06. The van der Waals surface area contributed by atoms with Gasteiger partial charge in [-0.1, -0.05) is 6.92 Å². The van der Waals surface area contributed by atoms with Crippen molar-refractivity contribution in [2.45, 2.75) is 45.2 Å². The van der Waals surface area contributed by atoms with Crippen molar-refractivity contribution < 1.29 is 9.18 Å². The van der Waals surface area contributed by atoms with E-state index >= 15 is 0 Å². The maximum atomic E-state index is 13.9. The van der Waals surface area contributed by atoms with Crippen LogP contribution in [0, 0.1) is 5.82 Å². The van der Waals surface area contributed by atoms with Crippen LogP contribution in [-0.4, -0.2) is 61.6 Å². The molecule has 1 saturated heterocycles. The number of carbonyl (C=O) groups excluding carboxylic acids is 1. The van der Waals surface area contributed by atoms with E-state index in [0.717, 1.165) is 50.3 Å². The highest BCUT2D eigenvalue weighted by atomic mass is 19.1. The number of rotatable bonds is 4. The zero-order valence-electron chi connectivity index (χ0n) is 15.6. The lowest BCUT2D eigenvalue weighted by Gasteiger charge is -2.33. The summed E-state index contributed by atoms with van der Waals surface area (Å²) in [6, 6.07) is 1.42. The Labute approximate surface area is 158 Å². The highest BCUT2D eigenvalue weighted by Gasteiger charge is 2.30. The first-order valence-corrected chi connectivity index (χ1v) is 9.70. The van der Waals surface area contributed by atoms with Crippen LogP contribution in [0.15, 0.2) is 18.5 Å². The fourth-order valence-corrected chi connectivity index (χ4v) is 4.11. The number of hydrogen-bond acceptors (Lipinski definition) is 5. The minimum atomic E-state index is -0.589. The standard InChI is InChI=1S/C19H25FN6O/c1-2-7-24-8-4-14(5-9-24)18-23-22-17-13-25(10-11-26(17)18)19(27)15-3-6-21-12-16(15)20/h3,6,12,14H,2,4-5,7-11,13H2,1H3. The average Bonchev–Trinajstić information content (AvgIpc) is 3.12. The van der Waals surface area contributed by atoms with E-state index < -0.39 is 5.82 Å². The van der Waals surface area contributed by atoms with Crippen LogP contribution in [0.5, 0.6) is 0 Å². The number of piperidine rings is 1. The molecule has 0 saturated carbocycles. The molecule has 0 spiro atoms. The van der Waals surface area contributed by atoms with Crippen molar-refractivity contribution in [1.29, 1.82) is 0 Å². The van der Waals surface area contributed by atoms with Gasteiger partial charge < -0.3 is 14.4 Å². The van der Waals surface area contributed by atoms with Crippen LogP contribution in [-0.2, 0) is 13.1 Å². The van der Waals surface area contributed by atoms with Gasteiger partial charge in [0.25, 0.3) is 5.91 Å². The first kappa shape index (κ1) is 18.0. The van der Waals surface area contributed by atoms with E-state index in [1.54, 1.807) is 4.90 Å². The van der Waals surface area contributed by atoms with E-state index in [0.29, 0.717) is 25.6 Å². The molecule has 0 aromatic carbocycles. The maximum Gasteiger partial charge on any atom is 0.257 e. The van der Waals surface area contributed by atoms with Gasteiger partial charge in [0.2, 0.25) is 0 Å². The van der Waals surface area contributed by atoms with Crippen LogP contribution in [0.2, 0.25) is 0 Å². The molecule has 0 bridgehead atoms.